The zero-order chi connectivity index (χ0) is 14.3. The topological polar surface area (TPSA) is 30.2 Å². The van der Waals surface area contributed by atoms with Gasteiger partial charge in [0, 0.05) is 11.8 Å². The van der Waals surface area contributed by atoms with Gasteiger partial charge in [0.15, 0.2) is 11.5 Å². The fraction of sp³-hybridized carbons (Fsp3) is 0.0769. The molecule has 0 aliphatic carbocycles. The Bertz CT molecular complexity index is 763. The third kappa shape index (κ3) is 2.22. The van der Waals surface area contributed by atoms with E-state index in [1.54, 1.807) is 18.3 Å². The molecular formula is C13H7ClF3N3. The van der Waals surface area contributed by atoms with E-state index in [1.807, 2.05) is 0 Å². The van der Waals surface area contributed by atoms with Gasteiger partial charge in [-0.15, -0.1) is 5.10 Å². The van der Waals surface area contributed by atoms with Gasteiger partial charge in [0.2, 0.25) is 0 Å². The number of hydrogen-bond acceptors (Lipinski definition) is 2. The first-order valence-corrected chi connectivity index (χ1v) is 6.01. The van der Waals surface area contributed by atoms with Crippen LogP contribution >= 0.6 is 11.6 Å². The molecule has 3 aromatic rings. The summed E-state index contributed by atoms with van der Waals surface area (Å²) >= 11 is 5.97. The van der Waals surface area contributed by atoms with Gasteiger partial charge in [0.1, 0.15) is 0 Å². The molecule has 0 N–H and O–H groups in total. The molecule has 1 aromatic carbocycles. The standard InChI is InChI=1S/C13H7ClF3N3/c14-10-2-1-7-20-12(10)18-11(19-20)8-3-5-9(6-4-8)13(15,16)17/h1-7H. The van der Waals surface area contributed by atoms with E-state index in [0.29, 0.717) is 22.1 Å². The molecule has 0 spiro atoms. The minimum Gasteiger partial charge on any atom is -0.219 e. The largest absolute Gasteiger partial charge is 0.416 e. The molecule has 0 radical (unpaired) electrons. The van der Waals surface area contributed by atoms with Crippen molar-refractivity contribution in [2.75, 3.05) is 0 Å². The molecule has 20 heavy (non-hydrogen) atoms. The summed E-state index contributed by atoms with van der Waals surface area (Å²) in [6.45, 7) is 0. The van der Waals surface area contributed by atoms with Crippen molar-refractivity contribution < 1.29 is 13.2 Å². The van der Waals surface area contributed by atoms with Gasteiger partial charge in [-0.25, -0.2) is 9.50 Å². The minimum atomic E-state index is -4.35. The van der Waals surface area contributed by atoms with Crippen LogP contribution in [0.25, 0.3) is 17.0 Å². The molecule has 3 nitrogen and oxygen atoms in total. The highest BCUT2D eigenvalue weighted by atomic mass is 35.5. The number of aromatic nitrogens is 3. The Morgan fingerprint density at radius 2 is 1.75 bits per heavy atom. The van der Waals surface area contributed by atoms with Crippen molar-refractivity contribution in [2.24, 2.45) is 0 Å². The number of halogens is 4. The quantitative estimate of drug-likeness (QED) is 0.678. The van der Waals surface area contributed by atoms with Crippen LogP contribution < -0.4 is 0 Å². The predicted molar refractivity (Wildman–Crippen MR) is 68.4 cm³/mol. The Morgan fingerprint density at radius 3 is 2.35 bits per heavy atom. The van der Waals surface area contributed by atoms with Crippen LogP contribution in [0.5, 0.6) is 0 Å². The van der Waals surface area contributed by atoms with Crippen LogP contribution in [0.1, 0.15) is 5.56 Å². The second-order valence-electron chi connectivity index (χ2n) is 4.13. The lowest BCUT2D eigenvalue weighted by Gasteiger charge is -2.05. The van der Waals surface area contributed by atoms with Crippen LogP contribution in [0.3, 0.4) is 0 Å². The fourth-order valence-corrected chi connectivity index (χ4v) is 2.01. The minimum absolute atomic E-state index is 0.326. The van der Waals surface area contributed by atoms with Crippen molar-refractivity contribution in [1.82, 2.24) is 14.6 Å². The average molecular weight is 298 g/mol. The zero-order valence-corrected chi connectivity index (χ0v) is 10.7. The molecule has 0 bridgehead atoms. The molecule has 0 amide bonds. The summed E-state index contributed by atoms with van der Waals surface area (Å²) in [6, 6.07) is 8.06. The normalized spacial score (nSPS) is 12.0. The number of alkyl halides is 3. The first-order chi connectivity index (χ1) is 9.45. The molecule has 2 aromatic heterocycles. The maximum absolute atomic E-state index is 12.5. The van der Waals surface area contributed by atoms with Crippen molar-refractivity contribution in [3.8, 4) is 11.4 Å². The maximum atomic E-state index is 12.5. The highest BCUT2D eigenvalue weighted by molar-refractivity contribution is 6.33. The summed E-state index contributed by atoms with van der Waals surface area (Å²) in [6.07, 6.45) is -2.68. The van der Waals surface area contributed by atoms with Crippen molar-refractivity contribution in [2.45, 2.75) is 6.18 Å². The first-order valence-electron chi connectivity index (χ1n) is 5.64. The third-order valence-corrected chi connectivity index (χ3v) is 3.08. The van der Waals surface area contributed by atoms with Crippen molar-refractivity contribution in [3.05, 3.63) is 53.2 Å². The lowest BCUT2D eigenvalue weighted by Crippen LogP contribution is -2.04. The van der Waals surface area contributed by atoms with E-state index in [0.717, 1.165) is 12.1 Å². The molecule has 0 saturated heterocycles. The van der Waals surface area contributed by atoms with Crippen LogP contribution in [0.15, 0.2) is 42.6 Å². The zero-order valence-electron chi connectivity index (χ0n) is 9.89. The number of pyridine rings is 1. The summed E-state index contributed by atoms with van der Waals surface area (Å²) in [5, 5.41) is 4.60. The summed E-state index contributed by atoms with van der Waals surface area (Å²) < 4.78 is 39.0. The Balaban J connectivity index is 2.05. The molecule has 2 heterocycles. The van der Waals surface area contributed by atoms with Gasteiger partial charge < -0.3 is 0 Å². The average Bonchev–Trinajstić information content (AvgIpc) is 2.83. The van der Waals surface area contributed by atoms with Crippen LogP contribution in [0.2, 0.25) is 5.02 Å². The van der Waals surface area contributed by atoms with Gasteiger partial charge in [-0.1, -0.05) is 23.7 Å². The number of fused-ring (bicyclic) bond motifs is 1. The first kappa shape index (κ1) is 12.9. The second kappa shape index (κ2) is 4.49. The summed E-state index contributed by atoms with van der Waals surface area (Å²) in [5.74, 6) is 0.326. The Labute approximate surface area is 116 Å². The number of rotatable bonds is 1. The van der Waals surface area contributed by atoms with E-state index in [1.165, 1.54) is 16.6 Å². The van der Waals surface area contributed by atoms with Gasteiger partial charge >= 0.3 is 6.18 Å². The van der Waals surface area contributed by atoms with Gasteiger partial charge in [-0.3, -0.25) is 0 Å². The van der Waals surface area contributed by atoms with E-state index in [2.05, 4.69) is 10.1 Å². The molecular weight excluding hydrogens is 291 g/mol. The Kier molecular flexibility index (Phi) is 2.90. The molecule has 0 saturated carbocycles. The molecule has 0 atom stereocenters. The van der Waals surface area contributed by atoms with Gasteiger partial charge in [0.25, 0.3) is 0 Å². The summed E-state index contributed by atoms with van der Waals surface area (Å²) in [4.78, 5) is 4.21. The predicted octanol–water partition coefficient (Wildman–Crippen LogP) is 4.07. The lowest BCUT2D eigenvalue weighted by atomic mass is 10.1. The second-order valence-corrected chi connectivity index (χ2v) is 4.54. The van der Waals surface area contributed by atoms with E-state index in [9.17, 15) is 13.2 Å². The maximum Gasteiger partial charge on any atom is 0.416 e. The molecule has 7 heteroatoms. The molecule has 0 aliphatic heterocycles. The molecule has 3 rings (SSSR count). The van der Waals surface area contributed by atoms with Crippen molar-refractivity contribution >= 4 is 17.2 Å². The molecule has 102 valence electrons. The van der Waals surface area contributed by atoms with Crippen molar-refractivity contribution in [1.29, 1.82) is 0 Å². The Morgan fingerprint density at radius 1 is 1.05 bits per heavy atom. The molecule has 0 aliphatic rings. The summed E-state index contributed by atoms with van der Waals surface area (Å²) in [7, 11) is 0. The number of benzene rings is 1. The van der Waals surface area contributed by atoms with Gasteiger partial charge in [-0.05, 0) is 24.3 Å². The molecule has 0 unspecified atom stereocenters. The smallest absolute Gasteiger partial charge is 0.219 e. The fourth-order valence-electron chi connectivity index (χ4n) is 1.80. The Hall–Kier alpha value is -2.08. The van der Waals surface area contributed by atoms with Crippen LogP contribution in [-0.4, -0.2) is 14.6 Å². The van der Waals surface area contributed by atoms with Gasteiger partial charge in [-0.2, -0.15) is 13.2 Å². The van der Waals surface area contributed by atoms with E-state index < -0.39 is 11.7 Å². The highest BCUT2D eigenvalue weighted by Crippen LogP contribution is 2.30. The van der Waals surface area contributed by atoms with E-state index >= 15 is 0 Å². The summed E-state index contributed by atoms with van der Waals surface area (Å²) in [5.41, 5.74) is 0.255. The van der Waals surface area contributed by atoms with Crippen molar-refractivity contribution in [3.63, 3.8) is 0 Å². The highest BCUT2D eigenvalue weighted by Gasteiger charge is 2.30. The number of nitrogens with zero attached hydrogens (tertiary/aromatic N) is 3. The van der Waals surface area contributed by atoms with E-state index in [-0.39, 0.29) is 0 Å². The van der Waals surface area contributed by atoms with E-state index in [4.69, 9.17) is 11.6 Å². The SMILES string of the molecule is FC(F)(F)c1ccc(-c2nc3c(Cl)cccn3n2)cc1. The monoisotopic (exact) mass is 297 g/mol. The lowest BCUT2D eigenvalue weighted by molar-refractivity contribution is -0.137. The third-order valence-electron chi connectivity index (χ3n) is 2.79. The molecule has 0 fully saturated rings. The van der Waals surface area contributed by atoms with Gasteiger partial charge in [0.05, 0.1) is 10.6 Å². The van der Waals surface area contributed by atoms with Crippen LogP contribution in [0, 0.1) is 0 Å². The van der Waals surface area contributed by atoms with Crippen LogP contribution in [-0.2, 0) is 6.18 Å². The number of hydrogen-bond donors (Lipinski definition) is 0. The van der Waals surface area contributed by atoms with Crippen LogP contribution in [0.4, 0.5) is 13.2 Å².